The molecule has 2 heterocycles. The largest absolute Gasteiger partial charge is 0.349 e. The third-order valence-corrected chi connectivity index (χ3v) is 4.46. The van der Waals surface area contributed by atoms with Crippen LogP contribution in [0.5, 0.6) is 0 Å². The van der Waals surface area contributed by atoms with Crippen LogP contribution < -0.4 is 10.5 Å². The Labute approximate surface area is 118 Å². The number of nitrogens with zero attached hydrogens (tertiary/aromatic N) is 2. The molecule has 0 bridgehead atoms. The molecule has 2 aromatic rings. The van der Waals surface area contributed by atoms with Gasteiger partial charge in [-0.1, -0.05) is 0 Å². The average Bonchev–Trinajstić information content (AvgIpc) is 3.07. The standard InChI is InChI=1S/C12H19N5O2S/c1-2-17-9-11(7-10(17)8-13)20(18,19)16-4-3-12-14-5-6-15-12/h5-7,9,16H,2-4,8,13H2,1H3,(H,14,15). The maximum absolute atomic E-state index is 12.2. The zero-order valence-electron chi connectivity index (χ0n) is 11.3. The lowest BCUT2D eigenvalue weighted by Crippen LogP contribution is -2.26. The number of hydrogen-bond acceptors (Lipinski definition) is 4. The van der Waals surface area contributed by atoms with Crippen molar-refractivity contribution in [3.63, 3.8) is 0 Å². The molecule has 0 aliphatic heterocycles. The minimum Gasteiger partial charge on any atom is -0.349 e. The molecule has 110 valence electrons. The Morgan fingerprint density at radius 2 is 2.30 bits per heavy atom. The molecule has 0 unspecified atom stereocenters. The molecule has 0 fully saturated rings. The first-order chi connectivity index (χ1) is 9.56. The van der Waals surface area contributed by atoms with Crippen LogP contribution in [0.4, 0.5) is 0 Å². The van der Waals surface area contributed by atoms with E-state index in [1.807, 2.05) is 11.5 Å². The molecule has 8 heteroatoms. The second-order valence-corrected chi connectivity index (χ2v) is 6.11. The van der Waals surface area contributed by atoms with Crippen molar-refractivity contribution in [3.05, 3.63) is 36.2 Å². The van der Waals surface area contributed by atoms with Crippen LogP contribution in [0.1, 0.15) is 18.4 Å². The highest BCUT2D eigenvalue weighted by atomic mass is 32.2. The molecule has 2 rings (SSSR count). The minimum absolute atomic E-state index is 0.249. The topological polar surface area (TPSA) is 106 Å². The van der Waals surface area contributed by atoms with E-state index in [9.17, 15) is 8.42 Å². The van der Waals surface area contributed by atoms with Crippen molar-refractivity contribution in [2.45, 2.75) is 31.3 Å². The summed E-state index contributed by atoms with van der Waals surface area (Å²) >= 11 is 0. The van der Waals surface area contributed by atoms with Gasteiger partial charge in [0.2, 0.25) is 10.0 Å². The third kappa shape index (κ3) is 3.27. The van der Waals surface area contributed by atoms with Crippen molar-refractivity contribution in [2.75, 3.05) is 6.54 Å². The summed E-state index contributed by atoms with van der Waals surface area (Å²) in [6.07, 6.45) is 5.47. The van der Waals surface area contributed by atoms with Gasteiger partial charge in [-0.15, -0.1) is 0 Å². The number of aryl methyl sites for hydroxylation is 1. The highest BCUT2D eigenvalue weighted by molar-refractivity contribution is 7.89. The van der Waals surface area contributed by atoms with Gasteiger partial charge in [-0.3, -0.25) is 0 Å². The van der Waals surface area contributed by atoms with Gasteiger partial charge in [-0.2, -0.15) is 0 Å². The molecule has 7 nitrogen and oxygen atoms in total. The van der Waals surface area contributed by atoms with Gasteiger partial charge in [0.1, 0.15) is 5.82 Å². The van der Waals surface area contributed by atoms with Crippen LogP contribution in [0.3, 0.4) is 0 Å². The minimum atomic E-state index is -3.50. The van der Waals surface area contributed by atoms with E-state index in [-0.39, 0.29) is 4.90 Å². The Morgan fingerprint density at radius 1 is 1.50 bits per heavy atom. The van der Waals surface area contributed by atoms with E-state index >= 15 is 0 Å². The molecule has 0 aliphatic rings. The first-order valence-corrected chi connectivity index (χ1v) is 7.92. The highest BCUT2D eigenvalue weighted by Crippen LogP contribution is 2.14. The van der Waals surface area contributed by atoms with E-state index in [1.165, 1.54) is 0 Å². The van der Waals surface area contributed by atoms with Crippen molar-refractivity contribution in [1.82, 2.24) is 19.3 Å². The van der Waals surface area contributed by atoms with Crippen molar-refractivity contribution >= 4 is 10.0 Å². The van der Waals surface area contributed by atoms with E-state index in [0.29, 0.717) is 26.1 Å². The van der Waals surface area contributed by atoms with Crippen molar-refractivity contribution in [3.8, 4) is 0 Å². The van der Waals surface area contributed by atoms with Crippen molar-refractivity contribution in [2.24, 2.45) is 5.73 Å². The molecule has 0 aliphatic carbocycles. The van der Waals surface area contributed by atoms with Gasteiger partial charge in [-0.25, -0.2) is 18.1 Å². The number of hydrogen-bond donors (Lipinski definition) is 3. The van der Waals surface area contributed by atoms with Gasteiger partial charge in [-0.05, 0) is 13.0 Å². The van der Waals surface area contributed by atoms with E-state index in [4.69, 9.17) is 5.73 Å². The number of nitrogens with one attached hydrogen (secondary N) is 2. The van der Waals surface area contributed by atoms with Gasteiger partial charge < -0.3 is 15.3 Å². The predicted molar refractivity (Wildman–Crippen MR) is 75.5 cm³/mol. The lowest BCUT2D eigenvalue weighted by Gasteiger charge is -2.03. The van der Waals surface area contributed by atoms with Crippen LogP contribution in [0.25, 0.3) is 0 Å². The number of aromatic amines is 1. The molecule has 0 atom stereocenters. The molecule has 20 heavy (non-hydrogen) atoms. The van der Waals surface area contributed by atoms with E-state index < -0.39 is 10.0 Å². The van der Waals surface area contributed by atoms with Crippen molar-refractivity contribution in [1.29, 1.82) is 0 Å². The van der Waals surface area contributed by atoms with E-state index in [2.05, 4.69) is 14.7 Å². The molecule has 4 N–H and O–H groups in total. The van der Waals surface area contributed by atoms with Crippen LogP contribution in [-0.4, -0.2) is 29.5 Å². The number of aromatic nitrogens is 3. The molecule has 0 amide bonds. The first-order valence-electron chi connectivity index (χ1n) is 6.44. The summed E-state index contributed by atoms with van der Waals surface area (Å²) < 4.78 is 28.7. The summed E-state index contributed by atoms with van der Waals surface area (Å²) in [7, 11) is -3.50. The summed E-state index contributed by atoms with van der Waals surface area (Å²) in [4.78, 5) is 7.22. The van der Waals surface area contributed by atoms with Gasteiger partial charge in [0.05, 0.1) is 4.90 Å². The summed E-state index contributed by atoms with van der Waals surface area (Å²) in [5.74, 6) is 0.751. The molecule has 0 saturated carbocycles. The number of nitrogens with two attached hydrogens (primary N) is 1. The monoisotopic (exact) mass is 297 g/mol. The second kappa shape index (κ2) is 6.21. The lowest BCUT2D eigenvalue weighted by atomic mass is 10.4. The molecule has 0 saturated heterocycles. The van der Waals surface area contributed by atoms with Crippen LogP contribution >= 0.6 is 0 Å². The fourth-order valence-corrected chi connectivity index (χ4v) is 3.05. The number of sulfonamides is 1. The third-order valence-electron chi connectivity index (χ3n) is 3.03. The molecular formula is C12H19N5O2S. The number of rotatable bonds is 7. The Kier molecular flexibility index (Phi) is 4.58. The molecular weight excluding hydrogens is 278 g/mol. The predicted octanol–water partition coefficient (Wildman–Crippen LogP) is 0.211. The number of imidazole rings is 1. The van der Waals surface area contributed by atoms with Crippen molar-refractivity contribution < 1.29 is 8.42 Å². The summed E-state index contributed by atoms with van der Waals surface area (Å²) in [6.45, 7) is 3.25. The van der Waals surface area contributed by atoms with Gasteiger partial charge in [0.25, 0.3) is 0 Å². The fraction of sp³-hybridized carbons (Fsp3) is 0.417. The highest BCUT2D eigenvalue weighted by Gasteiger charge is 2.17. The summed E-state index contributed by atoms with van der Waals surface area (Å²) in [6, 6.07) is 1.61. The Morgan fingerprint density at radius 3 is 2.85 bits per heavy atom. The van der Waals surface area contributed by atoms with E-state index in [1.54, 1.807) is 24.7 Å². The smallest absolute Gasteiger partial charge is 0.242 e. The maximum atomic E-state index is 12.2. The van der Waals surface area contributed by atoms with Gasteiger partial charge >= 0.3 is 0 Å². The molecule has 2 aromatic heterocycles. The summed E-state index contributed by atoms with van der Waals surface area (Å²) in [5, 5.41) is 0. The lowest BCUT2D eigenvalue weighted by molar-refractivity contribution is 0.580. The van der Waals surface area contributed by atoms with Crippen LogP contribution in [0.2, 0.25) is 0 Å². The van der Waals surface area contributed by atoms with Gasteiger partial charge in [0, 0.05) is 50.3 Å². The quantitative estimate of drug-likeness (QED) is 0.679. The maximum Gasteiger partial charge on any atom is 0.242 e. The average molecular weight is 297 g/mol. The van der Waals surface area contributed by atoms with Crippen LogP contribution in [-0.2, 0) is 29.5 Å². The Balaban J connectivity index is 2.04. The van der Waals surface area contributed by atoms with E-state index in [0.717, 1.165) is 11.5 Å². The molecule has 0 aromatic carbocycles. The van der Waals surface area contributed by atoms with Crippen LogP contribution in [0.15, 0.2) is 29.6 Å². The number of H-pyrrole nitrogens is 1. The molecule has 0 radical (unpaired) electrons. The van der Waals surface area contributed by atoms with Gasteiger partial charge in [0.15, 0.2) is 0 Å². The normalized spacial score (nSPS) is 11.9. The first kappa shape index (κ1) is 14.8. The molecule has 0 spiro atoms. The second-order valence-electron chi connectivity index (χ2n) is 4.34. The summed E-state index contributed by atoms with van der Waals surface area (Å²) in [5.41, 5.74) is 6.40. The zero-order valence-corrected chi connectivity index (χ0v) is 12.2. The zero-order chi connectivity index (χ0) is 14.6. The Hall–Kier alpha value is -1.64. The Bertz CT molecular complexity index is 624. The SMILES string of the molecule is CCn1cc(S(=O)(=O)NCCc2ncc[nH]2)cc1CN. The fourth-order valence-electron chi connectivity index (χ4n) is 1.96. The van der Waals surface area contributed by atoms with Crippen LogP contribution in [0, 0.1) is 0 Å².